The number of aromatic nitrogens is 2. The molecule has 0 bridgehead atoms. The van der Waals surface area contributed by atoms with E-state index < -0.39 is 6.10 Å². The number of rotatable bonds is 8. The molecule has 0 aliphatic heterocycles. The number of aryl methyl sites for hydroxylation is 1. The van der Waals surface area contributed by atoms with Gasteiger partial charge in [-0.2, -0.15) is 5.10 Å². The number of ether oxygens (including phenoxy) is 1. The zero-order chi connectivity index (χ0) is 20.4. The fourth-order valence-electron chi connectivity index (χ4n) is 3.59. The molecule has 1 aliphatic carbocycles. The van der Waals surface area contributed by atoms with Gasteiger partial charge in [-0.3, -0.25) is 4.90 Å². The first-order valence-electron chi connectivity index (χ1n) is 9.98. The van der Waals surface area contributed by atoms with Crippen molar-refractivity contribution in [2.24, 2.45) is 7.05 Å². The van der Waals surface area contributed by atoms with Crippen molar-refractivity contribution < 1.29 is 14.2 Å². The van der Waals surface area contributed by atoms with Crippen LogP contribution >= 0.6 is 0 Å². The number of nitrogens with zero attached hydrogens (tertiary/aromatic N) is 3. The summed E-state index contributed by atoms with van der Waals surface area (Å²) in [6.07, 6.45) is 1.87. The van der Waals surface area contributed by atoms with Gasteiger partial charge in [-0.15, -0.1) is 0 Å². The molecule has 1 fully saturated rings. The smallest absolute Gasteiger partial charge is 0.222 e. The third-order valence-electron chi connectivity index (χ3n) is 5.09. The van der Waals surface area contributed by atoms with Gasteiger partial charge in [0.05, 0.1) is 11.7 Å². The van der Waals surface area contributed by atoms with Gasteiger partial charge >= 0.3 is 0 Å². The van der Waals surface area contributed by atoms with Gasteiger partial charge in [-0.1, -0.05) is 30.3 Å². The highest BCUT2D eigenvalue weighted by Gasteiger charge is 2.32. The quantitative estimate of drug-likeness (QED) is 0.616. The lowest BCUT2D eigenvalue weighted by Crippen LogP contribution is -2.32. The van der Waals surface area contributed by atoms with Gasteiger partial charge < -0.3 is 9.84 Å². The minimum Gasteiger partial charge on any atom is -0.439 e. The molecule has 0 spiro atoms. The van der Waals surface area contributed by atoms with E-state index in [2.05, 4.69) is 4.90 Å². The van der Waals surface area contributed by atoms with Crippen LogP contribution < -0.4 is 4.74 Å². The summed E-state index contributed by atoms with van der Waals surface area (Å²) in [5.74, 6) is 0.889. The molecule has 0 radical (unpaired) electrons. The Morgan fingerprint density at radius 2 is 1.86 bits per heavy atom. The molecule has 1 saturated carbocycles. The number of aliphatic hydroxyl groups excluding tert-OH is 1. The Bertz CT molecular complexity index is 950. The second-order valence-electron chi connectivity index (χ2n) is 7.69. The summed E-state index contributed by atoms with van der Waals surface area (Å²) in [5.41, 5.74) is 2.84. The number of hydrogen-bond donors (Lipinski definition) is 1. The van der Waals surface area contributed by atoms with Crippen LogP contribution in [0.15, 0.2) is 54.6 Å². The van der Waals surface area contributed by atoms with Crippen LogP contribution in [0.2, 0.25) is 0 Å². The largest absolute Gasteiger partial charge is 0.439 e. The molecule has 1 aromatic heterocycles. The van der Waals surface area contributed by atoms with E-state index in [4.69, 9.17) is 9.84 Å². The van der Waals surface area contributed by atoms with Crippen molar-refractivity contribution in [2.75, 3.05) is 6.54 Å². The minimum atomic E-state index is -0.408. The zero-order valence-corrected chi connectivity index (χ0v) is 16.8. The number of hydrogen-bond acceptors (Lipinski definition) is 4. The molecular formula is C23H26FN3O2. The van der Waals surface area contributed by atoms with Crippen LogP contribution in [0, 0.1) is 5.82 Å². The molecule has 1 aliphatic rings. The van der Waals surface area contributed by atoms with E-state index >= 15 is 0 Å². The second-order valence-corrected chi connectivity index (χ2v) is 7.69. The molecule has 4 rings (SSSR count). The van der Waals surface area contributed by atoms with Crippen LogP contribution in [0.4, 0.5) is 4.39 Å². The Kier molecular flexibility index (Phi) is 5.65. The first kappa shape index (κ1) is 19.6. The van der Waals surface area contributed by atoms with E-state index in [1.165, 1.54) is 12.1 Å². The van der Waals surface area contributed by atoms with Crippen molar-refractivity contribution in [3.63, 3.8) is 0 Å². The second kappa shape index (κ2) is 8.35. The number of aliphatic hydroxyl groups is 1. The first-order chi connectivity index (χ1) is 14.0. The van der Waals surface area contributed by atoms with E-state index in [-0.39, 0.29) is 5.82 Å². The predicted molar refractivity (Wildman–Crippen MR) is 110 cm³/mol. The van der Waals surface area contributed by atoms with Crippen molar-refractivity contribution in [3.05, 3.63) is 66.0 Å². The van der Waals surface area contributed by atoms with Crippen LogP contribution in [0.25, 0.3) is 11.3 Å². The summed E-state index contributed by atoms with van der Waals surface area (Å²) in [5, 5.41) is 14.7. The zero-order valence-electron chi connectivity index (χ0n) is 16.8. The first-order valence-corrected chi connectivity index (χ1v) is 9.98. The third kappa shape index (κ3) is 4.66. The van der Waals surface area contributed by atoms with Crippen molar-refractivity contribution in [3.8, 4) is 22.9 Å². The Hall–Kier alpha value is -2.70. The highest BCUT2D eigenvalue weighted by atomic mass is 19.1. The van der Waals surface area contributed by atoms with E-state index in [1.54, 1.807) is 16.8 Å². The average molecular weight is 395 g/mol. The topological polar surface area (TPSA) is 50.5 Å². The maximum atomic E-state index is 13.3. The van der Waals surface area contributed by atoms with Gasteiger partial charge in [0.15, 0.2) is 0 Å². The summed E-state index contributed by atoms with van der Waals surface area (Å²) >= 11 is 0. The molecule has 2 aromatic carbocycles. The lowest BCUT2D eigenvalue weighted by atomic mass is 10.1. The third-order valence-corrected chi connectivity index (χ3v) is 5.09. The molecule has 1 unspecified atom stereocenters. The monoisotopic (exact) mass is 395 g/mol. The van der Waals surface area contributed by atoms with E-state index in [0.29, 0.717) is 30.8 Å². The fraction of sp³-hybridized carbons (Fsp3) is 0.348. The molecule has 5 nitrogen and oxygen atoms in total. The summed E-state index contributed by atoms with van der Waals surface area (Å²) in [7, 11) is 1.85. The Labute approximate surface area is 170 Å². The Morgan fingerprint density at radius 1 is 1.17 bits per heavy atom. The number of halogens is 1. The predicted octanol–water partition coefficient (Wildman–Crippen LogP) is 4.36. The van der Waals surface area contributed by atoms with Crippen LogP contribution in [0.5, 0.6) is 11.6 Å². The molecule has 6 heteroatoms. The molecule has 1 N–H and O–H groups in total. The van der Waals surface area contributed by atoms with Gasteiger partial charge in [0.1, 0.15) is 17.3 Å². The SMILES string of the molecule is CC(O)CN(Cc1c(-c2ccccc2)nn(C)c1Oc1ccc(F)cc1)C1CC1. The minimum absolute atomic E-state index is 0.301. The van der Waals surface area contributed by atoms with Crippen LogP contribution in [-0.4, -0.2) is 38.5 Å². The molecule has 152 valence electrons. The molecule has 0 saturated heterocycles. The summed E-state index contributed by atoms with van der Waals surface area (Å²) in [6.45, 7) is 3.04. The van der Waals surface area contributed by atoms with Crippen LogP contribution in [0.1, 0.15) is 25.3 Å². The standard InChI is InChI=1S/C23H26FN3O2/c1-16(28)14-27(19-10-11-19)15-21-22(17-6-4-3-5-7-17)25-26(2)23(21)29-20-12-8-18(24)9-13-20/h3-9,12-13,16,19,28H,10-11,14-15H2,1-2H3. The summed E-state index contributed by atoms with van der Waals surface area (Å²) in [4.78, 5) is 2.30. The van der Waals surface area contributed by atoms with E-state index in [9.17, 15) is 9.50 Å². The van der Waals surface area contributed by atoms with Gasteiger partial charge in [0, 0.05) is 31.7 Å². The van der Waals surface area contributed by atoms with Gasteiger partial charge in [0.2, 0.25) is 5.88 Å². The number of benzene rings is 2. The van der Waals surface area contributed by atoms with Crippen LogP contribution in [-0.2, 0) is 13.6 Å². The maximum absolute atomic E-state index is 13.3. The summed E-state index contributed by atoms with van der Waals surface area (Å²) in [6, 6.07) is 16.5. The lowest BCUT2D eigenvalue weighted by molar-refractivity contribution is 0.117. The highest BCUT2D eigenvalue weighted by molar-refractivity contribution is 5.65. The van der Waals surface area contributed by atoms with Gasteiger partial charge in [-0.25, -0.2) is 9.07 Å². The van der Waals surface area contributed by atoms with Crippen LogP contribution in [0.3, 0.4) is 0 Å². The van der Waals surface area contributed by atoms with Gasteiger partial charge in [-0.05, 0) is 44.0 Å². The van der Waals surface area contributed by atoms with E-state index in [1.807, 2.05) is 44.3 Å². The summed E-state index contributed by atoms with van der Waals surface area (Å²) < 4.78 is 21.2. The molecule has 3 aromatic rings. The molecule has 29 heavy (non-hydrogen) atoms. The molecule has 1 heterocycles. The van der Waals surface area contributed by atoms with E-state index in [0.717, 1.165) is 29.7 Å². The van der Waals surface area contributed by atoms with Crippen molar-refractivity contribution in [2.45, 2.75) is 38.5 Å². The lowest BCUT2D eigenvalue weighted by Gasteiger charge is -2.24. The Balaban J connectivity index is 1.73. The van der Waals surface area contributed by atoms with Gasteiger partial charge in [0.25, 0.3) is 0 Å². The fourth-order valence-corrected chi connectivity index (χ4v) is 3.59. The molecule has 1 atom stereocenters. The average Bonchev–Trinajstić information content (AvgIpc) is 3.51. The normalized spacial score (nSPS) is 14.9. The highest BCUT2D eigenvalue weighted by Crippen LogP contribution is 2.37. The molecule has 0 amide bonds. The maximum Gasteiger partial charge on any atom is 0.222 e. The molecular weight excluding hydrogens is 369 g/mol. The van der Waals surface area contributed by atoms with Crippen molar-refractivity contribution in [1.82, 2.24) is 14.7 Å². The van der Waals surface area contributed by atoms with Crippen molar-refractivity contribution >= 4 is 0 Å². The Morgan fingerprint density at radius 3 is 2.48 bits per heavy atom. The van der Waals surface area contributed by atoms with Crippen molar-refractivity contribution in [1.29, 1.82) is 0 Å².